The maximum absolute atomic E-state index is 5.94. The van der Waals surface area contributed by atoms with Crippen molar-refractivity contribution in [2.75, 3.05) is 11.9 Å². The van der Waals surface area contributed by atoms with Crippen molar-refractivity contribution >= 4 is 28.9 Å². The molecule has 1 heterocycles. The first-order valence-corrected chi connectivity index (χ1v) is 5.36. The van der Waals surface area contributed by atoms with Crippen LogP contribution in [0.25, 0.3) is 0 Å². The number of nitrogens with zero attached hydrogens (tertiary/aromatic N) is 2. The quantitative estimate of drug-likeness (QED) is 0.814. The van der Waals surface area contributed by atoms with E-state index < -0.39 is 0 Å². The van der Waals surface area contributed by atoms with E-state index in [2.05, 4.69) is 15.3 Å². The lowest BCUT2D eigenvalue weighted by Crippen LogP contribution is -2.06. The molecular weight excluding hydrogens is 221 g/mol. The lowest BCUT2D eigenvalue weighted by atomic mass is 10.4. The Morgan fingerprint density at radius 1 is 1.29 bits per heavy atom. The molecule has 1 aliphatic rings. The zero-order chi connectivity index (χ0) is 10.1. The first kappa shape index (κ1) is 9.99. The van der Waals surface area contributed by atoms with Crippen LogP contribution < -0.4 is 5.32 Å². The first-order chi connectivity index (χ1) is 6.66. The van der Waals surface area contributed by atoms with Crippen LogP contribution >= 0.6 is 23.2 Å². The highest BCUT2D eigenvalue weighted by Gasteiger charge is 2.21. The minimum atomic E-state index is 0.406. The summed E-state index contributed by atoms with van der Waals surface area (Å²) in [5.41, 5.74) is 0.658. The van der Waals surface area contributed by atoms with Crippen LogP contribution in [0.15, 0.2) is 0 Å². The van der Waals surface area contributed by atoms with Crippen LogP contribution in [0, 0.1) is 12.8 Å². The third-order valence-electron chi connectivity index (χ3n) is 2.20. The zero-order valence-corrected chi connectivity index (χ0v) is 9.36. The van der Waals surface area contributed by atoms with Gasteiger partial charge in [0.15, 0.2) is 10.3 Å². The van der Waals surface area contributed by atoms with Crippen molar-refractivity contribution in [3.8, 4) is 0 Å². The number of halogens is 2. The van der Waals surface area contributed by atoms with Crippen molar-refractivity contribution in [1.82, 2.24) is 9.97 Å². The van der Waals surface area contributed by atoms with E-state index in [-0.39, 0.29) is 0 Å². The van der Waals surface area contributed by atoms with Crippen molar-refractivity contribution in [1.29, 1.82) is 0 Å². The van der Waals surface area contributed by atoms with Gasteiger partial charge in [0, 0.05) is 6.54 Å². The van der Waals surface area contributed by atoms with Crippen LogP contribution in [0.1, 0.15) is 18.7 Å². The van der Waals surface area contributed by atoms with E-state index in [9.17, 15) is 0 Å². The lowest BCUT2D eigenvalue weighted by molar-refractivity contribution is 0.884. The maximum Gasteiger partial charge on any atom is 0.157 e. The normalized spacial score (nSPS) is 15.6. The molecule has 2 rings (SSSR count). The summed E-state index contributed by atoms with van der Waals surface area (Å²) in [6.45, 7) is 2.67. The van der Waals surface area contributed by atoms with E-state index >= 15 is 0 Å². The Morgan fingerprint density at radius 3 is 2.36 bits per heavy atom. The average Bonchev–Trinajstić information content (AvgIpc) is 2.85. The van der Waals surface area contributed by atoms with E-state index in [1.54, 1.807) is 6.92 Å². The molecule has 0 spiro atoms. The second-order valence-electron chi connectivity index (χ2n) is 3.55. The third-order valence-corrected chi connectivity index (χ3v) is 2.74. The number of hydrogen-bond acceptors (Lipinski definition) is 3. The Labute approximate surface area is 92.8 Å². The summed E-state index contributed by atoms with van der Waals surface area (Å²) >= 11 is 11.9. The summed E-state index contributed by atoms with van der Waals surface area (Å²) in [5.74, 6) is 1.36. The van der Waals surface area contributed by atoms with Gasteiger partial charge in [-0.2, -0.15) is 0 Å². The molecule has 1 fully saturated rings. The topological polar surface area (TPSA) is 37.8 Å². The minimum absolute atomic E-state index is 0.406. The van der Waals surface area contributed by atoms with E-state index in [1.165, 1.54) is 12.8 Å². The van der Waals surface area contributed by atoms with Crippen LogP contribution in [-0.4, -0.2) is 16.5 Å². The monoisotopic (exact) mass is 231 g/mol. The van der Waals surface area contributed by atoms with Gasteiger partial charge in [0.1, 0.15) is 11.5 Å². The number of hydrogen-bond donors (Lipinski definition) is 1. The molecule has 5 heteroatoms. The molecule has 1 aromatic heterocycles. The van der Waals surface area contributed by atoms with Gasteiger partial charge in [0.05, 0.1) is 0 Å². The maximum atomic E-state index is 5.94. The summed E-state index contributed by atoms with van der Waals surface area (Å²) in [7, 11) is 0. The second kappa shape index (κ2) is 3.91. The molecule has 0 atom stereocenters. The van der Waals surface area contributed by atoms with Crippen molar-refractivity contribution in [2.45, 2.75) is 19.8 Å². The molecular formula is C9H11Cl2N3. The summed E-state index contributed by atoms with van der Waals surface area (Å²) in [6, 6.07) is 0. The molecule has 14 heavy (non-hydrogen) atoms. The largest absolute Gasteiger partial charge is 0.380 e. The van der Waals surface area contributed by atoms with Gasteiger partial charge in [0.25, 0.3) is 0 Å². The Kier molecular flexibility index (Phi) is 2.79. The standard InChI is InChI=1S/C9H11Cl2N3/c1-5-13-8(10)7(9(11)14-5)12-4-6-2-3-6/h6,12H,2-4H2,1H3. The van der Waals surface area contributed by atoms with Gasteiger partial charge in [-0.15, -0.1) is 0 Å². The van der Waals surface area contributed by atoms with Crippen molar-refractivity contribution in [3.05, 3.63) is 16.1 Å². The fraction of sp³-hybridized carbons (Fsp3) is 0.556. The lowest BCUT2D eigenvalue weighted by Gasteiger charge is -2.08. The van der Waals surface area contributed by atoms with Crippen molar-refractivity contribution < 1.29 is 0 Å². The first-order valence-electron chi connectivity index (χ1n) is 4.60. The second-order valence-corrected chi connectivity index (χ2v) is 4.27. The van der Waals surface area contributed by atoms with Gasteiger partial charge in [-0.05, 0) is 25.7 Å². The molecule has 0 unspecified atom stereocenters. The van der Waals surface area contributed by atoms with Gasteiger partial charge < -0.3 is 5.32 Å². The average molecular weight is 232 g/mol. The molecule has 1 N–H and O–H groups in total. The minimum Gasteiger partial charge on any atom is -0.380 e. The predicted octanol–water partition coefficient (Wildman–Crippen LogP) is 2.91. The van der Waals surface area contributed by atoms with Gasteiger partial charge >= 0.3 is 0 Å². The number of anilines is 1. The summed E-state index contributed by atoms with van der Waals surface area (Å²) in [4.78, 5) is 8.08. The summed E-state index contributed by atoms with van der Waals surface area (Å²) in [6.07, 6.45) is 2.57. The molecule has 3 nitrogen and oxygen atoms in total. The van der Waals surface area contributed by atoms with Crippen LogP contribution in [0.4, 0.5) is 5.69 Å². The fourth-order valence-electron chi connectivity index (χ4n) is 1.22. The third kappa shape index (κ3) is 2.28. The van der Waals surface area contributed by atoms with Crippen LogP contribution in [0.2, 0.25) is 10.3 Å². The van der Waals surface area contributed by atoms with Crippen LogP contribution in [-0.2, 0) is 0 Å². The van der Waals surface area contributed by atoms with E-state index in [1.807, 2.05) is 0 Å². The molecule has 1 saturated carbocycles. The Hall–Kier alpha value is -0.540. The molecule has 0 aromatic carbocycles. The molecule has 0 bridgehead atoms. The van der Waals surface area contributed by atoms with Gasteiger partial charge in [0.2, 0.25) is 0 Å². The van der Waals surface area contributed by atoms with E-state index in [4.69, 9.17) is 23.2 Å². The summed E-state index contributed by atoms with van der Waals surface area (Å²) < 4.78 is 0. The zero-order valence-electron chi connectivity index (χ0n) is 7.85. The number of aryl methyl sites for hydroxylation is 1. The molecule has 1 aliphatic carbocycles. The van der Waals surface area contributed by atoms with E-state index in [0.29, 0.717) is 21.8 Å². The Balaban J connectivity index is 2.13. The Bertz CT molecular complexity index is 327. The van der Waals surface area contributed by atoms with Gasteiger partial charge in [-0.3, -0.25) is 0 Å². The predicted molar refractivity (Wildman–Crippen MR) is 58.0 cm³/mol. The molecule has 0 amide bonds. The number of nitrogens with one attached hydrogen (secondary N) is 1. The number of rotatable bonds is 3. The number of aromatic nitrogens is 2. The molecule has 0 saturated heterocycles. The highest BCUT2D eigenvalue weighted by Crippen LogP contribution is 2.32. The smallest absolute Gasteiger partial charge is 0.157 e. The highest BCUT2D eigenvalue weighted by atomic mass is 35.5. The SMILES string of the molecule is Cc1nc(Cl)c(NCC2CC2)c(Cl)n1. The van der Waals surface area contributed by atoms with Crippen molar-refractivity contribution in [3.63, 3.8) is 0 Å². The molecule has 76 valence electrons. The highest BCUT2D eigenvalue weighted by molar-refractivity contribution is 6.37. The molecule has 0 radical (unpaired) electrons. The summed E-state index contributed by atoms with van der Waals surface area (Å²) in [5, 5.41) is 3.99. The van der Waals surface area contributed by atoms with E-state index in [0.717, 1.165) is 12.5 Å². The van der Waals surface area contributed by atoms with Gasteiger partial charge in [-0.1, -0.05) is 23.2 Å². The molecule has 1 aromatic rings. The van der Waals surface area contributed by atoms with Gasteiger partial charge in [-0.25, -0.2) is 9.97 Å². The molecule has 0 aliphatic heterocycles. The van der Waals surface area contributed by atoms with Crippen LogP contribution in [0.3, 0.4) is 0 Å². The fourth-order valence-corrected chi connectivity index (χ4v) is 1.83. The Morgan fingerprint density at radius 2 is 1.86 bits per heavy atom. The van der Waals surface area contributed by atoms with Crippen LogP contribution in [0.5, 0.6) is 0 Å². The van der Waals surface area contributed by atoms with Crippen molar-refractivity contribution in [2.24, 2.45) is 5.92 Å².